The number of amides is 2. The normalized spacial score (nSPS) is 19.0. The quantitative estimate of drug-likeness (QED) is 0.616. The summed E-state index contributed by atoms with van der Waals surface area (Å²) in [6, 6.07) is 17.9. The largest absolute Gasteiger partial charge is 0.378 e. The first kappa shape index (κ1) is 21.6. The van der Waals surface area contributed by atoms with Gasteiger partial charge in [0.1, 0.15) is 0 Å². The van der Waals surface area contributed by atoms with Crippen molar-refractivity contribution in [1.29, 1.82) is 0 Å². The summed E-state index contributed by atoms with van der Waals surface area (Å²) in [5.74, 6) is -0.0231. The maximum absolute atomic E-state index is 13.8. The lowest BCUT2D eigenvalue weighted by Gasteiger charge is -2.36. The number of hydrogen-bond acceptors (Lipinski definition) is 4. The monoisotopic (exact) mass is 443 g/mol. The molecule has 1 aromatic heterocycles. The lowest BCUT2D eigenvalue weighted by Crippen LogP contribution is -2.49. The number of aryl methyl sites for hydroxylation is 1. The molecule has 2 aromatic carbocycles. The predicted octanol–water partition coefficient (Wildman–Crippen LogP) is 3.92. The van der Waals surface area contributed by atoms with Crippen LogP contribution in [0.15, 0.2) is 54.6 Å². The average Bonchev–Trinajstić information content (AvgIpc) is 2.88. The molecular weight excluding hydrogens is 414 g/mol. The van der Waals surface area contributed by atoms with E-state index in [0.717, 1.165) is 40.6 Å². The molecule has 2 amide bonds. The summed E-state index contributed by atoms with van der Waals surface area (Å²) in [6.07, 6.45) is 1.66. The van der Waals surface area contributed by atoms with E-state index in [9.17, 15) is 9.59 Å². The first-order valence-electron chi connectivity index (χ1n) is 11.7. The van der Waals surface area contributed by atoms with E-state index >= 15 is 0 Å². The predicted molar refractivity (Wildman–Crippen MR) is 128 cm³/mol. The number of ether oxygens (including phenoxy) is 1. The molecule has 3 heterocycles. The highest BCUT2D eigenvalue weighted by Gasteiger charge is 2.32. The summed E-state index contributed by atoms with van der Waals surface area (Å²) in [5, 5.41) is 0.862. The highest BCUT2D eigenvalue weighted by molar-refractivity contribution is 6.07. The van der Waals surface area contributed by atoms with Crippen LogP contribution in [0.5, 0.6) is 0 Å². The highest BCUT2D eigenvalue weighted by atomic mass is 16.5. The van der Waals surface area contributed by atoms with E-state index in [1.807, 2.05) is 71.3 Å². The van der Waals surface area contributed by atoms with Crippen LogP contribution >= 0.6 is 0 Å². The molecule has 1 atom stereocenters. The summed E-state index contributed by atoms with van der Waals surface area (Å²) in [4.78, 5) is 35.5. The van der Waals surface area contributed by atoms with Gasteiger partial charge >= 0.3 is 0 Å². The van der Waals surface area contributed by atoms with Crippen LogP contribution in [0.2, 0.25) is 0 Å². The van der Waals surface area contributed by atoms with Gasteiger partial charge in [0.2, 0.25) is 5.91 Å². The molecule has 2 aliphatic rings. The number of pyridine rings is 1. The number of fused-ring (bicyclic) bond motifs is 1. The molecule has 2 fully saturated rings. The van der Waals surface area contributed by atoms with Crippen molar-refractivity contribution in [3.8, 4) is 11.3 Å². The van der Waals surface area contributed by atoms with Crippen molar-refractivity contribution in [2.24, 2.45) is 5.92 Å². The van der Waals surface area contributed by atoms with Crippen molar-refractivity contribution in [3.63, 3.8) is 0 Å². The maximum Gasteiger partial charge on any atom is 0.254 e. The number of nitrogens with zero attached hydrogens (tertiary/aromatic N) is 3. The van der Waals surface area contributed by atoms with Crippen molar-refractivity contribution < 1.29 is 14.3 Å². The van der Waals surface area contributed by atoms with E-state index in [0.29, 0.717) is 45.0 Å². The van der Waals surface area contributed by atoms with Gasteiger partial charge in [-0.3, -0.25) is 9.59 Å². The van der Waals surface area contributed by atoms with Gasteiger partial charge in [0.15, 0.2) is 0 Å². The third-order valence-electron chi connectivity index (χ3n) is 6.64. The molecule has 6 heteroatoms. The molecule has 33 heavy (non-hydrogen) atoms. The fraction of sp³-hybridized carbons (Fsp3) is 0.370. The van der Waals surface area contributed by atoms with E-state index in [-0.39, 0.29) is 17.7 Å². The number of likely N-dealkylation sites (tertiary alicyclic amines) is 1. The molecule has 2 saturated heterocycles. The Kier molecular flexibility index (Phi) is 6.09. The van der Waals surface area contributed by atoms with Crippen molar-refractivity contribution in [2.45, 2.75) is 19.8 Å². The van der Waals surface area contributed by atoms with Gasteiger partial charge < -0.3 is 14.5 Å². The number of hydrogen-bond donors (Lipinski definition) is 0. The minimum absolute atomic E-state index is 0.0235. The Balaban J connectivity index is 1.46. The zero-order valence-electron chi connectivity index (χ0n) is 19.0. The first-order chi connectivity index (χ1) is 16.1. The zero-order valence-corrected chi connectivity index (χ0v) is 19.0. The molecule has 0 bridgehead atoms. The molecule has 1 unspecified atom stereocenters. The smallest absolute Gasteiger partial charge is 0.254 e. The van der Waals surface area contributed by atoms with Crippen LogP contribution in [-0.2, 0) is 9.53 Å². The Labute approximate surface area is 194 Å². The number of benzene rings is 2. The Morgan fingerprint density at radius 2 is 1.76 bits per heavy atom. The standard InChI is InChI=1S/C27H29N3O3/c1-19-9-10-24-22(16-19)23(17-25(28-24)20-6-3-2-4-7-20)27(32)30-11-5-8-21(18-30)26(31)29-12-14-33-15-13-29/h2-4,6-7,9-10,16-17,21H,5,8,11-15,18H2,1H3. The Bertz CT molecular complexity index is 1170. The summed E-state index contributed by atoms with van der Waals surface area (Å²) in [7, 11) is 0. The van der Waals surface area contributed by atoms with Crippen molar-refractivity contribution in [1.82, 2.24) is 14.8 Å². The van der Waals surface area contributed by atoms with Crippen LogP contribution < -0.4 is 0 Å². The maximum atomic E-state index is 13.8. The van der Waals surface area contributed by atoms with Gasteiger partial charge in [-0.1, -0.05) is 42.0 Å². The molecule has 2 aliphatic heterocycles. The minimum atomic E-state index is -0.149. The topological polar surface area (TPSA) is 62.7 Å². The van der Waals surface area contributed by atoms with Crippen molar-refractivity contribution >= 4 is 22.7 Å². The number of aromatic nitrogens is 1. The van der Waals surface area contributed by atoms with Gasteiger partial charge in [-0.2, -0.15) is 0 Å². The lowest BCUT2D eigenvalue weighted by molar-refractivity contribution is -0.141. The van der Waals surface area contributed by atoms with Crippen LogP contribution in [0.3, 0.4) is 0 Å². The molecule has 5 rings (SSSR count). The highest BCUT2D eigenvalue weighted by Crippen LogP contribution is 2.28. The molecular formula is C27H29N3O3. The number of carbonyl (C=O) groups excluding carboxylic acids is 2. The van der Waals surface area contributed by atoms with Crippen molar-refractivity contribution in [2.75, 3.05) is 39.4 Å². The molecule has 170 valence electrons. The number of carbonyl (C=O) groups is 2. The van der Waals surface area contributed by atoms with Gasteiger partial charge in [-0.15, -0.1) is 0 Å². The van der Waals surface area contributed by atoms with Crippen molar-refractivity contribution in [3.05, 3.63) is 65.7 Å². The van der Waals surface area contributed by atoms with Gasteiger partial charge in [-0.05, 0) is 38.0 Å². The van der Waals surface area contributed by atoms with E-state index < -0.39 is 0 Å². The van der Waals surface area contributed by atoms with E-state index in [1.165, 1.54) is 0 Å². The van der Waals surface area contributed by atoms with Crippen LogP contribution in [0.4, 0.5) is 0 Å². The lowest BCUT2D eigenvalue weighted by atomic mass is 9.94. The molecule has 6 nitrogen and oxygen atoms in total. The summed E-state index contributed by atoms with van der Waals surface area (Å²) in [5.41, 5.74) is 4.32. The molecule has 0 aliphatic carbocycles. The molecule has 0 spiro atoms. The Morgan fingerprint density at radius 3 is 2.55 bits per heavy atom. The zero-order chi connectivity index (χ0) is 22.8. The fourth-order valence-corrected chi connectivity index (χ4v) is 4.85. The third-order valence-corrected chi connectivity index (χ3v) is 6.64. The Morgan fingerprint density at radius 1 is 0.970 bits per heavy atom. The van der Waals surface area contributed by atoms with Gasteiger partial charge in [-0.25, -0.2) is 4.98 Å². The van der Waals surface area contributed by atoms with Gasteiger partial charge in [0, 0.05) is 37.1 Å². The Hall–Kier alpha value is -3.25. The second kappa shape index (κ2) is 9.32. The van der Waals surface area contributed by atoms with E-state index in [4.69, 9.17) is 9.72 Å². The molecule has 0 saturated carbocycles. The minimum Gasteiger partial charge on any atom is -0.378 e. The van der Waals surface area contributed by atoms with Crippen LogP contribution in [-0.4, -0.2) is 66.0 Å². The van der Waals surface area contributed by atoms with Crippen LogP contribution in [0.1, 0.15) is 28.8 Å². The second-order valence-electron chi connectivity index (χ2n) is 8.97. The molecule has 3 aromatic rings. The summed E-state index contributed by atoms with van der Waals surface area (Å²) in [6.45, 7) is 5.61. The summed E-state index contributed by atoms with van der Waals surface area (Å²) < 4.78 is 5.39. The summed E-state index contributed by atoms with van der Waals surface area (Å²) >= 11 is 0. The second-order valence-corrected chi connectivity index (χ2v) is 8.97. The van der Waals surface area contributed by atoms with E-state index in [2.05, 4.69) is 0 Å². The molecule has 0 N–H and O–H groups in total. The SMILES string of the molecule is Cc1ccc2nc(-c3ccccc3)cc(C(=O)N3CCCC(C(=O)N4CCOCC4)C3)c2c1. The van der Waals surface area contributed by atoms with Gasteiger partial charge in [0.05, 0.1) is 35.9 Å². The number of morpholine rings is 1. The van der Waals surface area contributed by atoms with Crippen LogP contribution in [0.25, 0.3) is 22.2 Å². The van der Waals surface area contributed by atoms with Gasteiger partial charge in [0.25, 0.3) is 5.91 Å². The average molecular weight is 444 g/mol. The first-order valence-corrected chi connectivity index (χ1v) is 11.7. The fourth-order valence-electron chi connectivity index (χ4n) is 4.85. The van der Waals surface area contributed by atoms with Crippen LogP contribution in [0, 0.1) is 12.8 Å². The molecule has 0 radical (unpaired) electrons. The van der Waals surface area contributed by atoms with E-state index in [1.54, 1.807) is 0 Å². The number of rotatable bonds is 3. The third kappa shape index (κ3) is 4.48. The number of piperidine rings is 1.